The third kappa shape index (κ3) is 5.90. The summed E-state index contributed by atoms with van der Waals surface area (Å²) >= 11 is 0. The van der Waals surface area contributed by atoms with Gasteiger partial charge in [-0.1, -0.05) is 36.4 Å². The number of nitrogens with one attached hydrogen (secondary N) is 1. The van der Waals surface area contributed by atoms with Gasteiger partial charge in [0.25, 0.3) is 6.01 Å². The summed E-state index contributed by atoms with van der Waals surface area (Å²) in [6.07, 6.45) is 3.25. The Hall–Kier alpha value is -4.07. The van der Waals surface area contributed by atoms with Crippen molar-refractivity contribution in [3.8, 4) is 11.6 Å². The monoisotopic (exact) mass is 472 g/mol. The van der Waals surface area contributed by atoms with Gasteiger partial charge in [-0.2, -0.15) is 4.98 Å². The topological polar surface area (TPSA) is 89.7 Å². The number of nitrogens with zero attached hydrogens (tertiary/aromatic N) is 3. The highest BCUT2D eigenvalue weighted by Gasteiger charge is 2.27. The molecule has 4 aromatic rings. The molecule has 0 unspecified atom stereocenters. The summed E-state index contributed by atoms with van der Waals surface area (Å²) in [6.45, 7) is 2.77. The number of amides is 1. The molecule has 5 rings (SSSR count). The SMILES string of the molecule is O=C(NCc1ccc(OCCOc2ccccc2)nc1)C1CCN(c2nc3ccccc3o2)CC1. The van der Waals surface area contributed by atoms with Crippen LogP contribution >= 0.6 is 0 Å². The molecule has 8 nitrogen and oxygen atoms in total. The normalized spacial score (nSPS) is 14.1. The maximum atomic E-state index is 12.7. The molecule has 1 N–H and O–H groups in total. The Kier molecular flexibility index (Phi) is 7.07. The predicted molar refractivity (Wildman–Crippen MR) is 132 cm³/mol. The Labute approximate surface area is 203 Å². The standard InChI is InChI=1S/C27H28N4O4/c32-26(21-12-14-31(15-13-21)27-30-23-8-4-5-9-24(23)35-27)29-19-20-10-11-25(28-18-20)34-17-16-33-22-6-2-1-3-7-22/h1-11,18,21H,12-17,19H2,(H,29,32). The van der Waals surface area contributed by atoms with Crippen molar-refractivity contribution in [3.63, 3.8) is 0 Å². The molecule has 0 spiro atoms. The predicted octanol–water partition coefficient (Wildman–Crippen LogP) is 4.21. The van der Waals surface area contributed by atoms with E-state index in [2.05, 4.69) is 20.2 Å². The minimum atomic E-state index is -0.0178. The van der Waals surface area contributed by atoms with Crippen LogP contribution in [0.25, 0.3) is 11.1 Å². The maximum Gasteiger partial charge on any atom is 0.298 e. The molecule has 1 fully saturated rings. The zero-order valence-electron chi connectivity index (χ0n) is 19.4. The van der Waals surface area contributed by atoms with Crippen molar-refractivity contribution in [1.82, 2.24) is 15.3 Å². The van der Waals surface area contributed by atoms with Gasteiger partial charge in [0.05, 0.1) is 0 Å². The minimum Gasteiger partial charge on any atom is -0.490 e. The van der Waals surface area contributed by atoms with Gasteiger partial charge in [0, 0.05) is 37.8 Å². The number of pyridine rings is 1. The molecule has 1 aliphatic heterocycles. The number of hydrogen-bond donors (Lipinski definition) is 1. The lowest BCUT2D eigenvalue weighted by Gasteiger charge is -2.30. The quantitative estimate of drug-likeness (QED) is 0.365. The van der Waals surface area contributed by atoms with Gasteiger partial charge in [-0.3, -0.25) is 4.79 Å². The van der Waals surface area contributed by atoms with E-state index in [0.29, 0.717) is 31.7 Å². The lowest BCUT2D eigenvalue weighted by Crippen LogP contribution is -2.40. The van der Waals surface area contributed by atoms with E-state index < -0.39 is 0 Å². The van der Waals surface area contributed by atoms with Crippen LogP contribution in [0.2, 0.25) is 0 Å². The summed E-state index contributed by atoms with van der Waals surface area (Å²) in [4.78, 5) is 23.7. The lowest BCUT2D eigenvalue weighted by atomic mass is 9.96. The molecule has 2 aromatic heterocycles. The number of rotatable bonds is 9. The summed E-state index contributed by atoms with van der Waals surface area (Å²) in [6, 6.07) is 21.7. The van der Waals surface area contributed by atoms with Gasteiger partial charge < -0.3 is 24.1 Å². The Balaban J connectivity index is 1.02. The zero-order chi connectivity index (χ0) is 23.9. The van der Waals surface area contributed by atoms with Crippen molar-refractivity contribution in [2.45, 2.75) is 19.4 Å². The van der Waals surface area contributed by atoms with Gasteiger partial charge in [0.1, 0.15) is 24.5 Å². The van der Waals surface area contributed by atoms with Crippen LogP contribution in [0.15, 0.2) is 77.3 Å². The van der Waals surface area contributed by atoms with E-state index in [-0.39, 0.29) is 11.8 Å². The number of piperidine rings is 1. The van der Waals surface area contributed by atoms with Crippen molar-refractivity contribution in [2.24, 2.45) is 5.92 Å². The largest absolute Gasteiger partial charge is 0.490 e. The molecule has 0 saturated carbocycles. The summed E-state index contributed by atoms with van der Waals surface area (Å²) in [7, 11) is 0. The van der Waals surface area contributed by atoms with E-state index in [9.17, 15) is 4.79 Å². The van der Waals surface area contributed by atoms with Gasteiger partial charge >= 0.3 is 0 Å². The van der Waals surface area contributed by atoms with Crippen LogP contribution in [0.5, 0.6) is 11.6 Å². The first kappa shape index (κ1) is 22.7. The van der Waals surface area contributed by atoms with E-state index in [1.807, 2.05) is 66.7 Å². The second-order valence-electron chi connectivity index (χ2n) is 8.46. The molecular formula is C27H28N4O4. The number of benzene rings is 2. The molecule has 3 heterocycles. The molecule has 0 atom stereocenters. The second-order valence-corrected chi connectivity index (χ2v) is 8.46. The smallest absolute Gasteiger partial charge is 0.298 e. The van der Waals surface area contributed by atoms with E-state index >= 15 is 0 Å². The first-order valence-corrected chi connectivity index (χ1v) is 11.9. The average Bonchev–Trinajstić information content (AvgIpc) is 3.36. The molecule has 8 heteroatoms. The molecule has 35 heavy (non-hydrogen) atoms. The van der Waals surface area contributed by atoms with Crippen molar-refractivity contribution < 1.29 is 18.7 Å². The fraction of sp³-hybridized carbons (Fsp3) is 0.296. The number of carbonyl (C=O) groups is 1. The second kappa shape index (κ2) is 10.9. The molecule has 0 aliphatic carbocycles. The number of anilines is 1. The van der Waals surface area contributed by atoms with Crippen molar-refractivity contribution in [1.29, 1.82) is 0 Å². The molecule has 1 aliphatic rings. The first-order chi connectivity index (χ1) is 17.2. The van der Waals surface area contributed by atoms with Crippen molar-refractivity contribution in [2.75, 3.05) is 31.2 Å². The maximum absolute atomic E-state index is 12.7. The van der Waals surface area contributed by atoms with Crippen molar-refractivity contribution in [3.05, 3.63) is 78.5 Å². The van der Waals surface area contributed by atoms with Crippen LogP contribution in [0.4, 0.5) is 6.01 Å². The Bertz CT molecular complexity index is 1200. The van der Waals surface area contributed by atoms with Crippen LogP contribution in [-0.2, 0) is 11.3 Å². The Morgan fingerprint density at radius 1 is 0.971 bits per heavy atom. The van der Waals surface area contributed by atoms with E-state index in [0.717, 1.165) is 48.3 Å². The number of carbonyl (C=O) groups excluding carboxylic acids is 1. The number of aromatic nitrogens is 2. The fourth-order valence-electron chi connectivity index (χ4n) is 4.09. The van der Waals surface area contributed by atoms with E-state index in [4.69, 9.17) is 13.9 Å². The summed E-state index contributed by atoms with van der Waals surface area (Å²) < 4.78 is 17.1. The Morgan fingerprint density at radius 2 is 1.74 bits per heavy atom. The molecule has 1 amide bonds. The van der Waals surface area contributed by atoms with Crippen LogP contribution in [0.1, 0.15) is 18.4 Å². The van der Waals surface area contributed by atoms with E-state index in [1.165, 1.54) is 0 Å². The first-order valence-electron chi connectivity index (χ1n) is 11.9. The molecular weight excluding hydrogens is 444 g/mol. The molecule has 180 valence electrons. The molecule has 2 aromatic carbocycles. The van der Waals surface area contributed by atoms with Gasteiger partial charge in [0.2, 0.25) is 11.8 Å². The number of oxazole rings is 1. The molecule has 0 radical (unpaired) electrons. The van der Waals surface area contributed by atoms with Gasteiger partial charge in [-0.25, -0.2) is 4.98 Å². The summed E-state index contributed by atoms with van der Waals surface area (Å²) in [5.74, 6) is 1.40. The van der Waals surface area contributed by atoms with Gasteiger partial charge in [0.15, 0.2) is 5.58 Å². The highest BCUT2D eigenvalue weighted by atomic mass is 16.5. The third-order valence-electron chi connectivity index (χ3n) is 6.03. The van der Waals surface area contributed by atoms with Crippen LogP contribution in [-0.4, -0.2) is 42.2 Å². The molecule has 1 saturated heterocycles. The van der Waals surface area contributed by atoms with Gasteiger partial charge in [-0.15, -0.1) is 0 Å². The van der Waals surface area contributed by atoms with E-state index in [1.54, 1.807) is 6.20 Å². The number of fused-ring (bicyclic) bond motifs is 1. The van der Waals surface area contributed by atoms with Crippen LogP contribution in [0.3, 0.4) is 0 Å². The summed E-state index contributed by atoms with van der Waals surface area (Å²) in [5.41, 5.74) is 2.57. The number of hydrogen-bond acceptors (Lipinski definition) is 7. The lowest BCUT2D eigenvalue weighted by molar-refractivity contribution is -0.125. The van der Waals surface area contributed by atoms with Gasteiger partial charge in [-0.05, 0) is 42.7 Å². The minimum absolute atomic E-state index is 0.0178. The third-order valence-corrected chi connectivity index (χ3v) is 6.03. The van der Waals surface area contributed by atoms with Crippen LogP contribution in [0, 0.1) is 5.92 Å². The summed E-state index contributed by atoms with van der Waals surface area (Å²) in [5, 5.41) is 3.04. The van der Waals surface area contributed by atoms with Crippen LogP contribution < -0.4 is 19.7 Å². The fourth-order valence-corrected chi connectivity index (χ4v) is 4.09. The average molecular weight is 473 g/mol. The highest BCUT2D eigenvalue weighted by molar-refractivity contribution is 5.79. The zero-order valence-corrected chi connectivity index (χ0v) is 19.4. The molecule has 0 bridgehead atoms. The number of para-hydroxylation sites is 3. The van der Waals surface area contributed by atoms with Crippen molar-refractivity contribution >= 4 is 23.0 Å². The number of ether oxygens (including phenoxy) is 2. The highest BCUT2D eigenvalue weighted by Crippen LogP contribution is 2.26. The Morgan fingerprint density at radius 3 is 2.51 bits per heavy atom.